The summed E-state index contributed by atoms with van der Waals surface area (Å²) >= 11 is 0. The van der Waals surface area contributed by atoms with Crippen LogP contribution < -0.4 is 0 Å². The lowest BCUT2D eigenvalue weighted by Crippen LogP contribution is -2.46. The maximum Gasteiger partial charge on any atom is 0.155 e. The lowest BCUT2D eigenvalue weighted by molar-refractivity contribution is -0.137. The summed E-state index contributed by atoms with van der Waals surface area (Å²) in [5.41, 5.74) is 0.459. The zero-order valence-corrected chi connectivity index (χ0v) is 9.03. The maximum atomic E-state index is 11.5. The first-order valence-electron chi connectivity index (χ1n) is 6.01. The van der Waals surface area contributed by atoms with E-state index in [4.69, 9.17) is 4.74 Å². The monoisotopic (exact) mass is 204 g/mol. The van der Waals surface area contributed by atoms with E-state index in [-0.39, 0.29) is 5.60 Å². The second kappa shape index (κ2) is 2.22. The molecule has 2 heteroatoms. The third kappa shape index (κ3) is 0.840. The molecule has 5 aliphatic rings. The number of allylic oxidation sites excluding steroid dienone is 2. The van der Waals surface area contributed by atoms with Gasteiger partial charge in [-0.2, -0.15) is 0 Å². The maximum absolute atomic E-state index is 11.5. The molecule has 2 aliphatic heterocycles. The van der Waals surface area contributed by atoms with Gasteiger partial charge in [0.2, 0.25) is 0 Å². The molecule has 4 fully saturated rings. The molecule has 15 heavy (non-hydrogen) atoms. The van der Waals surface area contributed by atoms with E-state index in [9.17, 15) is 4.79 Å². The first-order chi connectivity index (χ1) is 7.11. The van der Waals surface area contributed by atoms with E-state index in [1.807, 2.05) is 6.08 Å². The third-order valence-corrected chi connectivity index (χ3v) is 5.32. The van der Waals surface area contributed by atoms with Crippen LogP contribution in [-0.4, -0.2) is 17.5 Å². The Morgan fingerprint density at radius 2 is 2.40 bits per heavy atom. The molecule has 5 rings (SSSR count). The number of ether oxygens (including phenoxy) is 1. The normalized spacial score (nSPS) is 60.1. The van der Waals surface area contributed by atoms with Crippen molar-refractivity contribution in [1.82, 2.24) is 0 Å². The van der Waals surface area contributed by atoms with Crippen molar-refractivity contribution in [1.29, 1.82) is 0 Å². The van der Waals surface area contributed by atoms with Crippen molar-refractivity contribution in [3.05, 3.63) is 12.2 Å². The van der Waals surface area contributed by atoms with Crippen LogP contribution in [-0.2, 0) is 9.53 Å². The average Bonchev–Trinajstić information content (AvgIpc) is 2.54. The SMILES string of the molecule is CC12CC34C=CC(=O)C[C@@H]3C(CC1C4)O2. The Morgan fingerprint density at radius 3 is 3.20 bits per heavy atom. The standard InChI is InChI=1S/C13H16O2/c1-12-7-13-3-2-9(14)5-10(13)11(15-12)4-8(12)6-13/h2-3,8,10-11H,4-7H2,1H3/t8?,10-,11?,12?,13?/m1/s1. The van der Waals surface area contributed by atoms with E-state index in [1.165, 1.54) is 12.8 Å². The highest BCUT2D eigenvalue weighted by molar-refractivity contribution is 5.91. The molecular formula is C13H16O2. The van der Waals surface area contributed by atoms with Gasteiger partial charge in [0.15, 0.2) is 5.78 Å². The lowest BCUT2D eigenvalue weighted by Gasteiger charge is -2.47. The Bertz CT molecular complexity index is 386. The predicted octanol–water partition coefficient (Wildman–Crippen LogP) is 2.09. The topological polar surface area (TPSA) is 26.3 Å². The van der Waals surface area contributed by atoms with E-state index in [0.29, 0.717) is 23.2 Å². The van der Waals surface area contributed by atoms with Gasteiger partial charge in [-0.1, -0.05) is 6.08 Å². The van der Waals surface area contributed by atoms with E-state index >= 15 is 0 Å². The summed E-state index contributed by atoms with van der Waals surface area (Å²) in [5, 5.41) is 0. The molecule has 0 radical (unpaired) electrons. The highest BCUT2D eigenvalue weighted by Crippen LogP contribution is 2.68. The minimum absolute atomic E-state index is 0.131. The minimum atomic E-state index is 0.131. The molecular weight excluding hydrogens is 188 g/mol. The van der Waals surface area contributed by atoms with E-state index in [2.05, 4.69) is 13.0 Å². The van der Waals surface area contributed by atoms with Gasteiger partial charge in [0.25, 0.3) is 0 Å². The van der Waals surface area contributed by atoms with E-state index < -0.39 is 0 Å². The van der Waals surface area contributed by atoms with Gasteiger partial charge in [-0.15, -0.1) is 0 Å². The molecule has 3 aliphatic carbocycles. The van der Waals surface area contributed by atoms with Crippen LogP contribution >= 0.6 is 0 Å². The summed E-state index contributed by atoms with van der Waals surface area (Å²) in [4.78, 5) is 11.5. The van der Waals surface area contributed by atoms with Crippen LogP contribution in [0.2, 0.25) is 0 Å². The van der Waals surface area contributed by atoms with E-state index in [0.717, 1.165) is 18.8 Å². The number of hydrogen-bond donors (Lipinski definition) is 0. The number of rotatable bonds is 0. The number of hydrogen-bond acceptors (Lipinski definition) is 2. The van der Waals surface area contributed by atoms with Crippen LogP contribution in [0, 0.1) is 17.3 Å². The van der Waals surface area contributed by atoms with Crippen LogP contribution in [0.1, 0.15) is 32.6 Å². The first kappa shape index (κ1) is 8.51. The summed E-state index contributed by atoms with van der Waals surface area (Å²) in [5.74, 6) is 1.53. The first-order valence-corrected chi connectivity index (χ1v) is 6.01. The van der Waals surface area contributed by atoms with Crippen molar-refractivity contribution in [2.24, 2.45) is 17.3 Å². The Morgan fingerprint density at radius 1 is 1.53 bits per heavy atom. The van der Waals surface area contributed by atoms with Gasteiger partial charge < -0.3 is 4.74 Å². The molecule has 4 unspecified atom stereocenters. The van der Waals surface area contributed by atoms with Gasteiger partial charge in [-0.3, -0.25) is 4.79 Å². The highest BCUT2D eigenvalue weighted by atomic mass is 16.5. The fraction of sp³-hybridized carbons (Fsp3) is 0.769. The van der Waals surface area contributed by atoms with Crippen molar-refractivity contribution in [3.63, 3.8) is 0 Å². The van der Waals surface area contributed by atoms with Crippen LogP contribution in [0.25, 0.3) is 0 Å². The molecule has 2 nitrogen and oxygen atoms in total. The Kier molecular flexibility index (Phi) is 1.26. The molecule has 80 valence electrons. The van der Waals surface area contributed by atoms with Crippen molar-refractivity contribution < 1.29 is 9.53 Å². The zero-order valence-electron chi connectivity index (χ0n) is 9.03. The predicted molar refractivity (Wildman–Crippen MR) is 55.3 cm³/mol. The van der Waals surface area contributed by atoms with Gasteiger partial charge in [0, 0.05) is 12.3 Å². The fourth-order valence-corrected chi connectivity index (χ4v) is 4.72. The van der Waals surface area contributed by atoms with Crippen LogP contribution in [0.3, 0.4) is 0 Å². The van der Waals surface area contributed by atoms with Crippen molar-refractivity contribution in [3.8, 4) is 0 Å². The van der Waals surface area contributed by atoms with Crippen molar-refractivity contribution in [2.45, 2.75) is 44.3 Å². The van der Waals surface area contributed by atoms with Crippen molar-refractivity contribution >= 4 is 5.78 Å². The summed E-state index contributed by atoms with van der Waals surface area (Å²) < 4.78 is 6.17. The highest BCUT2D eigenvalue weighted by Gasteiger charge is 2.67. The molecule has 0 aromatic heterocycles. The summed E-state index contributed by atoms with van der Waals surface area (Å²) in [6.07, 6.45) is 8.75. The average molecular weight is 204 g/mol. The number of carbonyl (C=O) groups is 1. The Labute approximate surface area is 89.7 Å². The van der Waals surface area contributed by atoms with Gasteiger partial charge >= 0.3 is 0 Å². The van der Waals surface area contributed by atoms with Crippen LogP contribution in [0.5, 0.6) is 0 Å². The van der Waals surface area contributed by atoms with Crippen LogP contribution in [0.15, 0.2) is 12.2 Å². The number of carbonyl (C=O) groups excluding carboxylic acids is 1. The Hall–Kier alpha value is -0.630. The molecule has 0 N–H and O–H groups in total. The molecule has 0 aromatic rings. The molecule has 0 aromatic carbocycles. The molecule has 1 spiro atoms. The second-order valence-corrected chi connectivity index (χ2v) is 6.13. The summed E-state index contributed by atoms with van der Waals surface area (Å²) in [6, 6.07) is 0. The largest absolute Gasteiger partial charge is 0.371 e. The Balaban J connectivity index is 1.86. The van der Waals surface area contributed by atoms with Crippen LogP contribution in [0.4, 0.5) is 0 Å². The molecule has 5 atom stereocenters. The summed E-state index contributed by atoms with van der Waals surface area (Å²) in [7, 11) is 0. The van der Waals surface area contributed by atoms with E-state index in [1.54, 1.807) is 0 Å². The second-order valence-electron chi connectivity index (χ2n) is 6.13. The lowest BCUT2D eigenvalue weighted by atomic mass is 9.62. The quantitative estimate of drug-likeness (QED) is 0.604. The van der Waals surface area contributed by atoms with Gasteiger partial charge in [-0.25, -0.2) is 0 Å². The number of ketones is 1. The van der Waals surface area contributed by atoms with Gasteiger partial charge in [0.05, 0.1) is 11.7 Å². The smallest absolute Gasteiger partial charge is 0.155 e. The molecule has 0 amide bonds. The zero-order chi connectivity index (χ0) is 10.3. The minimum Gasteiger partial charge on any atom is -0.371 e. The van der Waals surface area contributed by atoms with Gasteiger partial charge in [-0.05, 0) is 43.6 Å². The summed E-state index contributed by atoms with van der Waals surface area (Å²) in [6.45, 7) is 2.27. The third-order valence-electron chi connectivity index (χ3n) is 5.32. The van der Waals surface area contributed by atoms with Gasteiger partial charge in [0.1, 0.15) is 0 Å². The fourth-order valence-electron chi connectivity index (χ4n) is 4.72. The molecule has 2 heterocycles. The molecule has 2 saturated carbocycles. The molecule has 2 saturated heterocycles. The molecule has 4 bridgehead atoms. The van der Waals surface area contributed by atoms with Crippen molar-refractivity contribution in [2.75, 3.05) is 0 Å².